The smallest absolute Gasteiger partial charge is 0.141 e. The molecule has 0 amide bonds. The summed E-state index contributed by atoms with van der Waals surface area (Å²) in [4.78, 5) is 4.13. The van der Waals surface area contributed by atoms with E-state index in [0.717, 1.165) is 5.82 Å². The maximum Gasteiger partial charge on any atom is 0.141 e. The minimum absolute atomic E-state index is 0.238. The van der Waals surface area contributed by atoms with Crippen LogP contribution in [0.1, 0.15) is 46.0 Å². The molecule has 0 aliphatic rings. The fourth-order valence-corrected chi connectivity index (χ4v) is 1.41. The Bertz CT molecular complexity index is 245. The van der Waals surface area contributed by atoms with E-state index in [0.29, 0.717) is 12.0 Å². The van der Waals surface area contributed by atoms with Gasteiger partial charge in [-0.2, -0.15) is 5.10 Å². The SMILES string of the molecule is CCC(C)C(C)NC(C)c1ncn[nH]1. The first-order valence-corrected chi connectivity index (χ1v) is 5.26. The van der Waals surface area contributed by atoms with Crippen LogP contribution in [0.15, 0.2) is 6.33 Å². The van der Waals surface area contributed by atoms with E-state index >= 15 is 0 Å². The van der Waals surface area contributed by atoms with Crippen LogP contribution in [0.4, 0.5) is 0 Å². The third kappa shape index (κ3) is 2.80. The first-order valence-electron chi connectivity index (χ1n) is 5.26. The van der Waals surface area contributed by atoms with Crippen LogP contribution in [0.25, 0.3) is 0 Å². The van der Waals surface area contributed by atoms with Crippen molar-refractivity contribution >= 4 is 0 Å². The van der Waals surface area contributed by atoms with Gasteiger partial charge in [0.2, 0.25) is 0 Å². The number of nitrogens with one attached hydrogen (secondary N) is 2. The van der Waals surface area contributed by atoms with Gasteiger partial charge in [-0.3, -0.25) is 5.10 Å². The molecule has 1 rings (SSSR count). The zero-order chi connectivity index (χ0) is 10.6. The molecule has 3 atom stereocenters. The summed E-state index contributed by atoms with van der Waals surface area (Å²) in [7, 11) is 0. The molecule has 2 N–H and O–H groups in total. The average Bonchev–Trinajstić information content (AvgIpc) is 2.69. The van der Waals surface area contributed by atoms with Gasteiger partial charge in [-0.15, -0.1) is 0 Å². The largest absolute Gasteiger partial charge is 0.305 e. The molecular weight excluding hydrogens is 176 g/mol. The van der Waals surface area contributed by atoms with Crippen molar-refractivity contribution in [2.45, 2.75) is 46.2 Å². The Hall–Kier alpha value is -0.900. The highest BCUT2D eigenvalue weighted by Crippen LogP contribution is 2.12. The fourth-order valence-electron chi connectivity index (χ4n) is 1.41. The Morgan fingerprint density at radius 2 is 2.14 bits per heavy atom. The van der Waals surface area contributed by atoms with Gasteiger partial charge >= 0.3 is 0 Å². The molecule has 3 unspecified atom stereocenters. The molecule has 0 saturated carbocycles. The molecule has 80 valence electrons. The third-order valence-corrected chi connectivity index (χ3v) is 2.85. The number of aromatic amines is 1. The second-order valence-electron chi connectivity index (χ2n) is 3.93. The topological polar surface area (TPSA) is 53.6 Å². The normalized spacial score (nSPS) is 17.7. The van der Waals surface area contributed by atoms with Gasteiger partial charge in [0.1, 0.15) is 12.2 Å². The van der Waals surface area contributed by atoms with Crippen LogP contribution in [0.5, 0.6) is 0 Å². The molecule has 0 aliphatic heterocycles. The molecular formula is C10H20N4. The van der Waals surface area contributed by atoms with Crippen LogP contribution in [0, 0.1) is 5.92 Å². The van der Waals surface area contributed by atoms with E-state index in [9.17, 15) is 0 Å². The van der Waals surface area contributed by atoms with Crippen LogP contribution in [-0.2, 0) is 0 Å². The Labute approximate surface area is 85.5 Å². The lowest BCUT2D eigenvalue weighted by molar-refractivity contribution is 0.354. The number of rotatable bonds is 5. The lowest BCUT2D eigenvalue weighted by atomic mass is 10.0. The summed E-state index contributed by atoms with van der Waals surface area (Å²) in [6.45, 7) is 8.77. The molecule has 0 fully saturated rings. The molecule has 0 saturated heterocycles. The zero-order valence-corrected chi connectivity index (χ0v) is 9.41. The van der Waals surface area contributed by atoms with Gasteiger partial charge in [-0.1, -0.05) is 20.3 Å². The third-order valence-electron chi connectivity index (χ3n) is 2.85. The second-order valence-corrected chi connectivity index (χ2v) is 3.93. The Morgan fingerprint density at radius 1 is 1.43 bits per heavy atom. The number of hydrogen-bond acceptors (Lipinski definition) is 3. The van der Waals surface area contributed by atoms with E-state index in [-0.39, 0.29) is 6.04 Å². The van der Waals surface area contributed by atoms with Gasteiger partial charge < -0.3 is 5.32 Å². The molecule has 0 spiro atoms. The van der Waals surface area contributed by atoms with Gasteiger partial charge in [-0.25, -0.2) is 4.98 Å². The summed E-state index contributed by atoms with van der Waals surface area (Å²) < 4.78 is 0. The van der Waals surface area contributed by atoms with E-state index < -0.39 is 0 Å². The maximum absolute atomic E-state index is 4.13. The van der Waals surface area contributed by atoms with Crippen molar-refractivity contribution in [1.29, 1.82) is 0 Å². The summed E-state index contributed by atoms with van der Waals surface area (Å²) >= 11 is 0. The van der Waals surface area contributed by atoms with Crippen molar-refractivity contribution in [3.8, 4) is 0 Å². The Balaban J connectivity index is 2.44. The van der Waals surface area contributed by atoms with Crippen LogP contribution in [0.2, 0.25) is 0 Å². The molecule has 14 heavy (non-hydrogen) atoms. The van der Waals surface area contributed by atoms with Crippen molar-refractivity contribution in [1.82, 2.24) is 20.5 Å². The van der Waals surface area contributed by atoms with Gasteiger partial charge in [0.15, 0.2) is 0 Å². The van der Waals surface area contributed by atoms with Gasteiger partial charge in [0.25, 0.3) is 0 Å². The number of nitrogens with zero attached hydrogens (tertiary/aromatic N) is 2. The predicted octanol–water partition coefficient (Wildman–Crippen LogP) is 1.89. The van der Waals surface area contributed by atoms with E-state index in [2.05, 4.69) is 48.2 Å². The van der Waals surface area contributed by atoms with Crippen molar-refractivity contribution in [3.63, 3.8) is 0 Å². The van der Waals surface area contributed by atoms with Crippen LogP contribution in [-0.4, -0.2) is 21.2 Å². The highest BCUT2D eigenvalue weighted by Gasteiger charge is 2.15. The van der Waals surface area contributed by atoms with Gasteiger partial charge in [-0.05, 0) is 19.8 Å². The molecule has 1 aromatic rings. The molecule has 1 heterocycles. The molecule has 0 aromatic carbocycles. The number of H-pyrrole nitrogens is 1. The van der Waals surface area contributed by atoms with E-state index in [1.807, 2.05) is 0 Å². The summed E-state index contributed by atoms with van der Waals surface area (Å²) in [5, 5.41) is 10.2. The van der Waals surface area contributed by atoms with Crippen LogP contribution in [0.3, 0.4) is 0 Å². The first-order chi connectivity index (χ1) is 6.65. The quantitative estimate of drug-likeness (QED) is 0.756. The maximum atomic E-state index is 4.13. The average molecular weight is 196 g/mol. The summed E-state index contributed by atoms with van der Waals surface area (Å²) in [6.07, 6.45) is 2.73. The van der Waals surface area contributed by atoms with Crippen molar-refractivity contribution < 1.29 is 0 Å². The highest BCUT2D eigenvalue weighted by molar-refractivity contribution is 4.90. The Morgan fingerprint density at radius 3 is 2.64 bits per heavy atom. The minimum atomic E-state index is 0.238. The molecule has 1 aromatic heterocycles. The summed E-state index contributed by atoms with van der Waals surface area (Å²) in [5.41, 5.74) is 0. The van der Waals surface area contributed by atoms with E-state index in [1.165, 1.54) is 6.42 Å². The van der Waals surface area contributed by atoms with Crippen molar-refractivity contribution in [2.24, 2.45) is 5.92 Å². The lowest BCUT2D eigenvalue weighted by Crippen LogP contribution is -2.34. The zero-order valence-electron chi connectivity index (χ0n) is 9.41. The van der Waals surface area contributed by atoms with Crippen LogP contribution >= 0.6 is 0 Å². The number of hydrogen-bond donors (Lipinski definition) is 2. The second kappa shape index (κ2) is 5.10. The predicted molar refractivity (Wildman–Crippen MR) is 56.9 cm³/mol. The fraction of sp³-hybridized carbons (Fsp3) is 0.800. The Kier molecular flexibility index (Phi) is 4.07. The molecule has 0 radical (unpaired) electrons. The van der Waals surface area contributed by atoms with Crippen molar-refractivity contribution in [3.05, 3.63) is 12.2 Å². The monoisotopic (exact) mass is 196 g/mol. The van der Waals surface area contributed by atoms with Crippen molar-refractivity contribution in [2.75, 3.05) is 0 Å². The first kappa shape index (κ1) is 11.2. The number of aromatic nitrogens is 3. The van der Waals surface area contributed by atoms with Gasteiger partial charge in [0, 0.05) is 6.04 Å². The molecule has 0 aliphatic carbocycles. The van der Waals surface area contributed by atoms with E-state index in [4.69, 9.17) is 0 Å². The molecule has 4 nitrogen and oxygen atoms in total. The summed E-state index contributed by atoms with van der Waals surface area (Å²) in [5.74, 6) is 1.58. The minimum Gasteiger partial charge on any atom is -0.305 e. The van der Waals surface area contributed by atoms with Gasteiger partial charge in [0.05, 0.1) is 6.04 Å². The van der Waals surface area contributed by atoms with E-state index in [1.54, 1.807) is 6.33 Å². The highest BCUT2D eigenvalue weighted by atomic mass is 15.2. The molecule has 0 bridgehead atoms. The molecule has 4 heteroatoms. The lowest BCUT2D eigenvalue weighted by Gasteiger charge is -2.23. The standard InChI is InChI=1S/C10H20N4/c1-5-7(2)8(3)13-9(4)10-11-6-12-14-10/h6-9,13H,5H2,1-4H3,(H,11,12,14). The summed E-state index contributed by atoms with van der Waals surface area (Å²) in [6, 6.07) is 0.738. The van der Waals surface area contributed by atoms with Crippen LogP contribution < -0.4 is 5.32 Å².